The van der Waals surface area contributed by atoms with Crippen LogP contribution in [0.3, 0.4) is 0 Å². The number of carbonyl (C=O) groups is 1. The fraction of sp³-hybridized carbons (Fsp3) is 0.611. The number of carbonyl (C=O) groups excluding carboxylic acids is 1. The van der Waals surface area contributed by atoms with Gasteiger partial charge in [-0.1, -0.05) is 62.6 Å². The molecule has 0 aliphatic carbocycles. The van der Waals surface area contributed by atoms with Crippen molar-refractivity contribution in [3.63, 3.8) is 0 Å². The summed E-state index contributed by atoms with van der Waals surface area (Å²) in [5.41, 5.74) is 0. The third kappa shape index (κ3) is 17.2. The van der Waals surface area contributed by atoms with E-state index >= 15 is 0 Å². The summed E-state index contributed by atoms with van der Waals surface area (Å²) < 4.78 is 0. The fourth-order valence-corrected chi connectivity index (χ4v) is 2.02. The molecular weight excluding hydrogens is 268 g/mol. The molecule has 0 aliphatic heterocycles. The van der Waals surface area contributed by atoms with Crippen LogP contribution in [0.25, 0.3) is 0 Å². The van der Waals surface area contributed by atoms with Crippen molar-refractivity contribution in [3.05, 3.63) is 36.5 Å². The van der Waals surface area contributed by atoms with Crippen molar-refractivity contribution in [1.29, 1.82) is 0 Å². The summed E-state index contributed by atoms with van der Waals surface area (Å²) in [6.45, 7) is 2.15. The van der Waals surface area contributed by atoms with Crippen LogP contribution in [0.2, 0.25) is 0 Å². The van der Waals surface area contributed by atoms with Gasteiger partial charge < -0.3 is 0 Å². The Kier molecular flexibility index (Phi) is 15.6. The molecule has 0 rings (SSSR count). The Balaban J connectivity index is 3.23. The number of allylic oxidation sites excluding steroid dienone is 6. The largest absolute Gasteiger partial charge is 0.281 e. The molecule has 0 unspecified atom stereocenters. The molecular formula is C18H29ClO. The normalized spacial score (nSPS) is 12.1. The molecule has 0 aromatic rings. The summed E-state index contributed by atoms with van der Waals surface area (Å²) in [7, 11) is 0. The van der Waals surface area contributed by atoms with E-state index in [4.69, 9.17) is 11.6 Å². The topological polar surface area (TPSA) is 17.1 Å². The molecule has 0 aromatic carbocycles. The number of unbranched alkanes of at least 4 members (excludes halogenated alkanes) is 5. The minimum atomic E-state index is -0.203. The quantitative estimate of drug-likeness (QED) is 0.220. The van der Waals surface area contributed by atoms with Crippen LogP contribution in [0.1, 0.15) is 71.1 Å². The van der Waals surface area contributed by atoms with Gasteiger partial charge in [-0.3, -0.25) is 4.79 Å². The molecule has 2 heteroatoms. The van der Waals surface area contributed by atoms with E-state index in [1.54, 1.807) is 0 Å². The Morgan fingerprint density at radius 1 is 0.800 bits per heavy atom. The second-order valence-electron chi connectivity index (χ2n) is 4.96. The Bertz CT molecular complexity index is 303. The standard InChI is InChI=1S/C18H29ClO/c1-2-3-4-5-6-7-8-9-10-11-12-13-14-15-16-17-18(19)20/h3-4,6-7,9-10H,2,5,8,11-17H2,1H3/b4-3+,7-6+,10-9+. The van der Waals surface area contributed by atoms with Crippen LogP contribution in [0, 0.1) is 0 Å². The van der Waals surface area contributed by atoms with E-state index in [2.05, 4.69) is 43.4 Å². The zero-order valence-corrected chi connectivity index (χ0v) is 13.6. The van der Waals surface area contributed by atoms with Gasteiger partial charge in [-0.15, -0.1) is 0 Å². The van der Waals surface area contributed by atoms with Crippen LogP contribution in [-0.4, -0.2) is 5.24 Å². The first kappa shape index (κ1) is 19.2. The van der Waals surface area contributed by atoms with Gasteiger partial charge in [0.25, 0.3) is 0 Å². The van der Waals surface area contributed by atoms with Gasteiger partial charge in [0.1, 0.15) is 0 Å². The van der Waals surface area contributed by atoms with Gasteiger partial charge in [0.05, 0.1) is 0 Å². The van der Waals surface area contributed by atoms with Crippen molar-refractivity contribution in [2.24, 2.45) is 0 Å². The van der Waals surface area contributed by atoms with Crippen LogP contribution in [0.5, 0.6) is 0 Å². The molecule has 0 aliphatic rings. The molecule has 0 radical (unpaired) electrons. The molecule has 0 saturated carbocycles. The van der Waals surface area contributed by atoms with Gasteiger partial charge in [0, 0.05) is 6.42 Å². The van der Waals surface area contributed by atoms with E-state index in [1.807, 2.05) is 0 Å². The lowest BCUT2D eigenvalue weighted by Crippen LogP contribution is -1.86. The summed E-state index contributed by atoms with van der Waals surface area (Å²) >= 11 is 5.28. The van der Waals surface area contributed by atoms with Crippen molar-refractivity contribution in [1.82, 2.24) is 0 Å². The zero-order chi connectivity index (χ0) is 14.9. The van der Waals surface area contributed by atoms with Gasteiger partial charge in [-0.05, 0) is 50.1 Å². The van der Waals surface area contributed by atoms with E-state index in [-0.39, 0.29) is 5.24 Å². The molecule has 0 aromatic heterocycles. The van der Waals surface area contributed by atoms with Gasteiger partial charge in [0.2, 0.25) is 5.24 Å². The highest BCUT2D eigenvalue weighted by Gasteiger charge is 1.95. The first-order chi connectivity index (χ1) is 9.77. The second kappa shape index (κ2) is 16.2. The fourth-order valence-electron chi connectivity index (χ4n) is 1.88. The number of halogens is 1. The highest BCUT2D eigenvalue weighted by atomic mass is 35.5. The molecule has 1 nitrogen and oxygen atoms in total. The zero-order valence-electron chi connectivity index (χ0n) is 12.8. The lowest BCUT2D eigenvalue weighted by molar-refractivity contribution is -0.111. The van der Waals surface area contributed by atoms with Crippen molar-refractivity contribution >= 4 is 16.8 Å². The average Bonchev–Trinajstić information content (AvgIpc) is 2.43. The Hall–Kier alpha value is -0.820. The predicted molar refractivity (Wildman–Crippen MR) is 90.1 cm³/mol. The van der Waals surface area contributed by atoms with Crippen LogP contribution in [-0.2, 0) is 4.79 Å². The molecule has 0 fully saturated rings. The van der Waals surface area contributed by atoms with E-state index in [0.29, 0.717) is 6.42 Å². The monoisotopic (exact) mass is 296 g/mol. The minimum absolute atomic E-state index is 0.203. The van der Waals surface area contributed by atoms with E-state index in [9.17, 15) is 4.79 Å². The van der Waals surface area contributed by atoms with Gasteiger partial charge >= 0.3 is 0 Å². The molecule has 0 spiro atoms. The average molecular weight is 297 g/mol. The number of hydrogen-bond donors (Lipinski definition) is 0. The van der Waals surface area contributed by atoms with Crippen LogP contribution in [0.4, 0.5) is 0 Å². The molecule has 114 valence electrons. The van der Waals surface area contributed by atoms with E-state index < -0.39 is 0 Å². The lowest BCUT2D eigenvalue weighted by atomic mass is 10.1. The minimum Gasteiger partial charge on any atom is -0.281 e. The number of hydrogen-bond acceptors (Lipinski definition) is 1. The maximum Gasteiger partial charge on any atom is 0.221 e. The predicted octanol–water partition coefficient (Wildman–Crippen LogP) is 6.34. The third-order valence-electron chi connectivity index (χ3n) is 3.02. The molecule has 20 heavy (non-hydrogen) atoms. The van der Waals surface area contributed by atoms with Crippen LogP contribution in [0.15, 0.2) is 36.5 Å². The summed E-state index contributed by atoms with van der Waals surface area (Å²) in [4.78, 5) is 10.5. The van der Waals surface area contributed by atoms with Crippen molar-refractivity contribution < 1.29 is 4.79 Å². The molecule has 0 saturated heterocycles. The maximum atomic E-state index is 10.5. The molecule has 0 heterocycles. The summed E-state index contributed by atoms with van der Waals surface area (Å²) in [6, 6.07) is 0. The maximum absolute atomic E-state index is 10.5. The highest BCUT2D eigenvalue weighted by molar-refractivity contribution is 6.63. The van der Waals surface area contributed by atoms with Crippen molar-refractivity contribution in [2.75, 3.05) is 0 Å². The van der Waals surface area contributed by atoms with Gasteiger partial charge in [-0.2, -0.15) is 0 Å². The third-order valence-corrected chi connectivity index (χ3v) is 3.21. The molecule has 0 amide bonds. The molecule has 0 N–H and O–H groups in total. The van der Waals surface area contributed by atoms with Crippen LogP contribution >= 0.6 is 11.6 Å². The number of rotatable bonds is 13. The summed E-state index contributed by atoms with van der Waals surface area (Å²) in [5, 5.41) is -0.203. The van der Waals surface area contributed by atoms with Crippen LogP contribution < -0.4 is 0 Å². The summed E-state index contributed by atoms with van der Waals surface area (Å²) in [6.07, 6.45) is 24.0. The molecule has 0 bridgehead atoms. The first-order valence-electron chi connectivity index (χ1n) is 7.90. The smallest absolute Gasteiger partial charge is 0.221 e. The highest BCUT2D eigenvalue weighted by Crippen LogP contribution is 2.08. The Labute approximate surface area is 129 Å². The SMILES string of the molecule is CC/C=C/C/C=C/C/C=C/CCCCCCCC(=O)Cl. The second-order valence-corrected chi connectivity index (χ2v) is 5.38. The molecule has 0 atom stereocenters. The van der Waals surface area contributed by atoms with Crippen molar-refractivity contribution in [2.45, 2.75) is 71.1 Å². The van der Waals surface area contributed by atoms with Gasteiger partial charge in [-0.25, -0.2) is 0 Å². The Morgan fingerprint density at radius 2 is 1.35 bits per heavy atom. The lowest BCUT2D eigenvalue weighted by Gasteiger charge is -1.97. The summed E-state index contributed by atoms with van der Waals surface area (Å²) in [5.74, 6) is 0. The van der Waals surface area contributed by atoms with Crippen molar-refractivity contribution in [3.8, 4) is 0 Å². The first-order valence-corrected chi connectivity index (χ1v) is 8.28. The Morgan fingerprint density at radius 3 is 2.00 bits per heavy atom. The van der Waals surface area contributed by atoms with E-state index in [0.717, 1.165) is 38.5 Å². The van der Waals surface area contributed by atoms with Gasteiger partial charge in [0.15, 0.2) is 0 Å². The van der Waals surface area contributed by atoms with E-state index in [1.165, 1.54) is 19.3 Å².